The van der Waals surface area contributed by atoms with Crippen LogP contribution in [0.4, 0.5) is 10.5 Å². The molecule has 0 radical (unpaired) electrons. The summed E-state index contributed by atoms with van der Waals surface area (Å²) in [5.74, 6) is -0.538. The normalized spacial score (nSPS) is 12.0. The number of nitrogens with zero attached hydrogens (tertiary/aromatic N) is 1. The van der Waals surface area contributed by atoms with Crippen LogP contribution in [0.15, 0.2) is 72.4 Å². The number of rotatable bonds is 8. The number of carbonyl (C=O) groups is 2. The molecule has 28 heavy (non-hydrogen) atoms. The average molecular weight is 381 g/mol. The van der Waals surface area contributed by atoms with E-state index in [0.29, 0.717) is 17.8 Å². The number of hydrogen-bond acceptors (Lipinski definition) is 5. The number of carbonyl (C=O) groups excluding carboxylic acids is 2. The molecule has 146 valence electrons. The number of esters is 1. The maximum Gasteiger partial charge on any atom is 0.329 e. The van der Waals surface area contributed by atoms with Gasteiger partial charge in [-0.2, -0.15) is 0 Å². The fourth-order valence-corrected chi connectivity index (χ4v) is 2.46. The summed E-state index contributed by atoms with van der Waals surface area (Å²) >= 11 is 0. The van der Waals surface area contributed by atoms with Crippen LogP contribution in [-0.4, -0.2) is 35.6 Å². The van der Waals surface area contributed by atoms with Gasteiger partial charge in [0.05, 0.1) is 5.71 Å². The summed E-state index contributed by atoms with van der Waals surface area (Å²) < 4.78 is 5.09. The molecular weight excluding hydrogens is 358 g/mol. The lowest BCUT2D eigenvalue weighted by Gasteiger charge is -2.18. The zero-order valence-corrected chi connectivity index (χ0v) is 15.6. The zero-order chi connectivity index (χ0) is 20.4. The Labute approximate surface area is 163 Å². The molecular formula is C21H23N3O4. The molecule has 0 aliphatic rings. The van der Waals surface area contributed by atoms with Gasteiger partial charge < -0.3 is 20.6 Å². The van der Waals surface area contributed by atoms with Crippen molar-refractivity contribution in [3.05, 3.63) is 78.4 Å². The lowest BCUT2D eigenvalue weighted by atomic mass is 10.1. The molecule has 0 saturated carbocycles. The van der Waals surface area contributed by atoms with Crippen molar-refractivity contribution in [1.29, 1.82) is 0 Å². The molecule has 2 rings (SSSR count). The van der Waals surface area contributed by atoms with Crippen LogP contribution in [0.1, 0.15) is 18.1 Å². The summed E-state index contributed by atoms with van der Waals surface area (Å²) in [6.07, 6.45) is 1.77. The highest BCUT2D eigenvalue weighted by Gasteiger charge is 2.22. The first-order chi connectivity index (χ1) is 13.5. The second-order valence-corrected chi connectivity index (χ2v) is 6.02. The second-order valence-electron chi connectivity index (χ2n) is 6.02. The first kappa shape index (κ1) is 20.7. The Bertz CT molecular complexity index is 832. The monoisotopic (exact) mass is 381 g/mol. The van der Waals surface area contributed by atoms with Crippen LogP contribution < -0.4 is 10.6 Å². The number of nitrogens with one attached hydrogen (secondary N) is 2. The first-order valence-electron chi connectivity index (χ1n) is 8.71. The van der Waals surface area contributed by atoms with E-state index in [9.17, 15) is 9.59 Å². The highest BCUT2D eigenvalue weighted by Crippen LogP contribution is 2.11. The van der Waals surface area contributed by atoms with Crippen molar-refractivity contribution in [1.82, 2.24) is 5.32 Å². The van der Waals surface area contributed by atoms with Crippen molar-refractivity contribution < 1.29 is 19.5 Å². The maximum atomic E-state index is 12.4. The van der Waals surface area contributed by atoms with Gasteiger partial charge in [0.25, 0.3) is 0 Å². The molecule has 2 aromatic carbocycles. The minimum absolute atomic E-state index is 0.0701. The number of amides is 2. The van der Waals surface area contributed by atoms with Crippen molar-refractivity contribution in [2.24, 2.45) is 5.16 Å². The van der Waals surface area contributed by atoms with Gasteiger partial charge in [-0.05, 0) is 30.2 Å². The van der Waals surface area contributed by atoms with Crippen LogP contribution in [0.5, 0.6) is 0 Å². The highest BCUT2D eigenvalue weighted by molar-refractivity contribution is 5.99. The van der Waals surface area contributed by atoms with E-state index in [0.717, 1.165) is 11.1 Å². The minimum Gasteiger partial charge on any atom is -0.460 e. The average Bonchev–Trinajstić information content (AvgIpc) is 2.72. The molecule has 0 aromatic heterocycles. The molecule has 0 saturated heterocycles. The molecule has 7 heteroatoms. The van der Waals surface area contributed by atoms with E-state index in [-0.39, 0.29) is 6.61 Å². The Morgan fingerprint density at radius 1 is 1.18 bits per heavy atom. The Morgan fingerprint density at radius 3 is 2.46 bits per heavy atom. The van der Waals surface area contributed by atoms with Gasteiger partial charge in [0.2, 0.25) is 0 Å². The second kappa shape index (κ2) is 10.5. The fourth-order valence-electron chi connectivity index (χ4n) is 2.46. The molecule has 0 heterocycles. The van der Waals surface area contributed by atoms with Gasteiger partial charge in [-0.3, -0.25) is 0 Å². The topological polar surface area (TPSA) is 100 Å². The number of anilines is 1. The Kier molecular flexibility index (Phi) is 7.77. The smallest absolute Gasteiger partial charge is 0.329 e. The first-order valence-corrected chi connectivity index (χ1v) is 8.71. The van der Waals surface area contributed by atoms with E-state index in [1.807, 2.05) is 30.3 Å². The molecule has 0 bridgehead atoms. The van der Waals surface area contributed by atoms with Gasteiger partial charge in [0.15, 0.2) is 0 Å². The van der Waals surface area contributed by atoms with Crippen LogP contribution in [-0.2, 0) is 16.0 Å². The molecule has 0 aliphatic heterocycles. The molecule has 0 aliphatic carbocycles. The van der Waals surface area contributed by atoms with Crippen LogP contribution in [0.25, 0.3) is 0 Å². The predicted molar refractivity (Wildman–Crippen MR) is 108 cm³/mol. The van der Waals surface area contributed by atoms with Crippen molar-refractivity contribution in [3.63, 3.8) is 0 Å². The minimum atomic E-state index is -0.842. The van der Waals surface area contributed by atoms with Crippen molar-refractivity contribution in [3.8, 4) is 0 Å². The van der Waals surface area contributed by atoms with E-state index in [1.165, 1.54) is 6.08 Å². The van der Waals surface area contributed by atoms with E-state index < -0.39 is 18.0 Å². The molecule has 2 amide bonds. The predicted octanol–water partition coefficient (Wildman–Crippen LogP) is 3.35. The third-order valence-electron chi connectivity index (χ3n) is 3.93. The molecule has 0 fully saturated rings. The molecule has 7 nitrogen and oxygen atoms in total. The van der Waals surface area contributed by atoms with Crippen molar-refractivity contribution in [2.45, 2.75) is 19.4 Å². The van der Waals surface area contributed by atoms with Crippen LogP contribution in [0, 0.1) is 0 Å². The standard InChI is InChI=1S/C21H23N3O4/c1-3-13-28-20(25)19(14-16-7-5-4-6-8-16)23-21(26)22-18-11-9-17(10-12-18)15(2)24-27/h3-12,19,27H,1,13-14H2,2H3,(H2,22,23,26). The Balaban J connectivity index is 2.04. The van der Waals surface area contributed by atoms with Crippen LogP contribution in [0.2, 0.25) is 0 Å². The summed E-state index contributed by atoms with van der Waals surface area (Å²) in [5.41, 5.74) is 2.61. The third kappa shape index (κ3) is 6.28. The SMILES string of the molecule is C=CCOC(=O)C(Cc1ccccc1)NC(=O)Nc1ccc(C(C)=NO)cc1. The quantitative estimate of drug-likeness (QED) is 0.215. The molecule has 1 unspecified atom stereocenters. The lowest BCUT2D eigenvalue weighted by Crippen LogP contribution is -2.45. The summed E-state index contributed by atoms with van der Waals surface area (Å²) in [6.45, 7) is 5.25. The van der Waals surface area contributed by atoms with Gasteiger partial charge in [-0.25, -0.2) is 9.59 Å². The van der Waals surface area contributed by atoms with E-state index >= 15 is 0 Å². The lowest BCUT2D eigenvalue weighted by molar-refractivity contribution is -0.144. The van der Waals surface area contributed by atoms with Gasteiger partial charge in [0.1, 0.15) is 12.6 Å². The number of ether oxygens (including phenoxy) is 1. The number of benzene rings is 2. The Morgan fingerprint density at radius 2 is 1.86 bits per heavy atom. The number of urea groups is 1. The van der Waals surface area contributed by atoms with Crippen molar-refractivity contribution in [2.75, 3.05) is 11.9 Å². The Hall–Kier alpha value is -3.61. The summed E-state index contributed by atoms with van der Waals surface area (Å²) in [4.78, 5) is 24.7. The van der Waals surface area contributed by atoms with Crippen LogP contribution >= 0.6 is 0 Å². The van der Waals surface area contributed by atoms with Gasteiger partial charge in [-0.15, -0.1) is 0 Å². The largest absolute Gasteiger partial charge is 0.460 e. The summed E-state index contributed by atoms with van der Waals surface area (Å²) in [6, 6.07) is 14.7. The van der Waals surface area contributed by atoms with Gasteiger partial charge in [-0.1, -0.05) is 60.3 Å². The molecule has 0 spiro atoms. The fraction of sp³-hybridized carbons (Fsp3) is 0.190. The number of hydrogen-bond donors (Lipinski definition) is 3. The molecule has 1 atom stereocenters. The van der Waals surface area contributed by atoms with E-state index in [1.54, 1.807) is 31.2 Å². The van der Waals surface area contributed by atoms with E-state index in [4.69, 9.17) is 9.94 Å². The highest BCUT2D eigenvalue weighted by atomic mass is 16.5. The third-order valence-corrected chi connectivity index (χ3v) is 3.93. The maximum absolute atomic E-state index is 12.4. The van der Waals surface area contributed by atoms with Crippen LogP contribution in [0.3, 0.4) is 0 Å². The van der Waals surface area contributed by atoms with Gasteiger partial charge in [0, 0.05) is 12.1 Å². The number of oxime groups is 1. The molecule has 3 N–H and O–H groups in total. The van der Waals surface area contributed by atoms with Crippen molar-refractivity contribution >= 4 is 23.4 Å². The molecule has 2 aromatic rings. The zero-order valence-electron chi connectivity index (χ0n) is 15.6. The summed E-state index contributed by atoms with van der Waals surface area (Å²) in [7, 11) is 0. The summed E-state index contributed by atoms with van der Waals surface area (Å²) in [5, 5.41) is 17.2. The van der Waals surface area contributed by atoms with E-state index in [2.05, 4.69) is 22.4 Å². The van der Waals surface area contributed by atoms with Gasteiger partial charge >= 0.3 is 12.0 Å².